The predicted molar refractivity (Wildman–Crippen MR) is 141 cm³/mol. The van der Waals surface area contributed by atoms with E-state index < -0.39 is 45.8 Å². The molecule has 0 spiro atoms. The van der Waals surface area contributed by atoms with E-state index >= 15 is 0 Å². The van der Waals surface area contributed by atoms with Gasteiger partial charge in [0.05, 0.1) is 17.0 Å². The molecule has 3 heterocycles. The summed E-state index contributed by atoms with van der Waals surface area (Å²) in [6.45, 7) is 1.77. The molecule has 1 aromatic heterocycles. The van der Waals surface area contributed by atoms with Crippen LogP contribution in [-0.2, 0) is 21.0 Å². The summed E-state index contributed by atoms with van der Waals surface area (Å²) in [7, 11) is -4.19. The van der Waals surface area contributed by atoms with Crippen LogP contribution < -0.4 is 4.90 Å². The third-order valence-corrected chi connectivity index (χ3v) is 9.75. The summed E-state index contributed by atoms with van der Waals surface area (Å²) in [5.41, 5.74) is -0.839. The molecule has 2 aliphatic heterocycles. The Hall–Kier alpha value is -3.35. The van der Waals surface area contributed by atoms with Crippen molar-refractivity contribution < 1.29 is 31.2 Å². The second-order valence-corrected chi connectivity index (χ2v) is 12.4. The molecule has 5 rings (SSSR count). The number of anilines is 1. The topological polar surface area (TPSA) is 94.1 Å². The summed E-state index contributed by atoms with van der Waals surface area (Å²) >= 11 is 0. The number of rotatable bonds is 5. The van der Waals surface area contributed by atoms with E-state index in [1.165, 1.54) is 34.2 Å². The first-order chi connectivity index (χ1) is 19.0. The van der Waals surface area contributed by atoms with Crippen molar-refractivity contribution in [3.8, 4) is 0 Å². The summed E-state index contributed by atoms with van der Waals surface area (Å²) in [5, 5.41) is 0. The van der Waals surface area contributed by atoms with Crippen molar-refractivity contribution in [1.29, 1.82) is 0 Å². The fourth-order valence-corrected chi connectivity index (χ4v) is 7.40. The number of sulfonamides is 1. The second kappa shape index (κ2) is 10.9. The van der Waals surface area contributed by atoms with Gasteiger partial charge >= 0.3 is 12.2 Å². The van der Waals surface area contributed by atoms with Crippen molar-refractivity contribution in [3.63, 3.8) is 0 Å². The van der Waals surface area contributed by atoms with Crippen LogP contribution in [0.1, 0.15) is 44.6 Å². The highest BCUT2D eigenvalue weighted by molar-refractivity contribution is 7.89. The second-order valence-electron chi connectivity index (χ2n) is 10.5. The van der Waals surface area contributed by atoms with Crippen LogP contribution in [0.25, 0.3) is 0 Å². The quantitative estimate of drug-likeness (QED) is 0.533. The van der Waals surface area contributed by atoms with Gasteiger partial charge in [-0.2, -0.15) is 13.2 Å². The highest BCUT2D eigenvalue weighted by Gasteiger charge is 2.51. The zero-order valence-corrected chi connectivity index (χ0v) is 22.9. The Morgan fingerprint density at radius 3 is 2.33 bits per heavy atom. The molecule has 216 valence electrons. The maximum absolute atomic E-state index is 14.0. The molecule has 2 atom stereocenters. The Morgan fingerprint density at radius 1 is 0.975 bits per heavy atom. The molecular formula is C27H32F3N5O4S. The Morgan fingerprint density at radius 2 is 1.68 bits per heavy atom. The van der Waals surface area contributed by atoms with Gasteiger partial charge in [-0.15, -0.1) is 0 Å². The van der Waals surface area contributed by atoms with Gasteiger partial charge < -0.3 is 14.7 Å². The fraction of sp³-hybridized carbons (Fsp3) is 0.519. The number of urea groups is 1. The summed E-state index contributed by atoms with van der Waals surface area (Å²) < 4.78 is 68.5. The molecule has 3 aliphatic rings. The first kappa shape index (κ1) is 28.2. The number of alkyl halides is 3. The monoisotopic (exact) mass is 579 g/mol. The van der Waals surface area contributed by atoms with Crippen molar-refractivity contribution in [2.45, 2.75) is 68.2 Å². The van der Waals surface area contributed by atoms with E-state index in [0.717, 1.165) is 29.6 Å². The zero-order valence-electron chi connectivity index (χ0n) is 22.1. The average Bonchev–Trinajstić information content (AvgIpc) is 3.31. The van der Waals surface area contributed by atoms with Crippen LogP contribution in [0, 0.1) is 0 Å². The molecule has 1 aliphatic carbocycles. The normalized spacial score (nSPS) is 23.1. The van der Waals surface area contributed by atoms with Gasteiger partial charge in [-0.25, -0.2) is 22.5 Å². The number of carbonyl (C=O) groups excluding carboxylic acids is 2. The maximum Gasteiger partial charge on any atom is 0.419 e. The van der Waals surface area contributed by atoms with Crippen LogP contribution in [0.15, 0.2) is 53.6 Å². The standard InChI is InChI=1S/C27H32F3N5O4S/c1-19-17-32(24-22(27(28,29)30)13-8-14-31-24)15-16-33(19)25(36)23-18-34(40(38,39)21-11-6-3-7-12-21)26(37)35(23)20-9-4-2-5-10-20/h3,6-8,11-14,19-20,23H,2,4-5,9-10,15-18H2,1H3. The van der Waals surface area contributed by atoms with E-state index in [-0.39, 0.29) is 42.9 Å². The summed E-state index contributed by atoms with van der Waals surface area (Å²) in [5.74, 6) is -0.581. The number of hydrogen-bond donors (Lipinski definition) is 0. The molecule has 2 aromatic rings. The zero-order chi connectivity index (χ0) is 28.7. The van der Waals surface area contributed by atoms with Crippen molar-refractivity contribution in [3.05, 3.63) is 54.2 Å². The molecular weight excluding hydrogens is 547 g/mol. The average molecular weight is 580 g/mol. The van der Waals surface area contributed by atoms with E-state index in [4.69, 9.17) is 0 Å². The van der Waals surface area contributed by atoms with Gasteiger partial charge in [0.15, 0.2) is 0 Å². The minimum absolute atomic E-state index is 0.0298. The number of carbonyl (C=O) groups is 2. The van der Waals surface area contributed by atoms with Gasteiger partial charge in [-0.05, 0) is 44.0 Å². The molecule has 0 N–H and O–H groups in total. The third kappa shape index (κ3) is 5.23. The van der Waals surface area contributed by atoms with Crippen LogP contribution in [0.4, 0.5) is 23.8 Å². The van der Waals surface area contributed by atoms with Crippen LogP contribution >= 0.6 is 0 Å². The van der Waals surface area contributed by atoms with Crippen molar-refractivity contribution in [2.24, 2.45) is 0 Å². The van der Waals surface area contributed by atoms with E-state index in [9.17, 15) is 31.2 Å². The maximum atomic E-state index is 14.0. The van der Waals surface area contributed by atoms with Crippen LogP contribution in [0.5, 0.6) is 0 Å². The van der Waals surface area contributed by atoms with Crippen LogP contribution in [0.3, 0.4) is 0 Å². The lowest BCUT2D eigenvalue weighted by Crippen LogP contribution is -2.60. The number of pyridine rings is 1. The Balaban J connectivity index is 1.39. The number of hydrogen-bond acceptors (Lipinski definition) is 6. The minimum Gasteiger partial charge on any atom is -0.352 e. The van der Waals surface area contributed by atoms with Crippen LogP contribution in [0.2, 0.25) is 0 Å². The van der Waals surface area contributed by atoms with Gasteiger partial charge in [0, 0.05) is 37.9 Å². The Labute approximate surface area is 231 Å². The number of nitrogens with zero attached hydrogens (tertiary/aromatic N) is 5. The van der Waals surface area contributed by atoms with Gasteiger partial charge in [0.1, 0.15) is 11.9 Å². The SMILES string of the molecule is CC1CN(c2ncccc2C(F)(F)F)CCN1C(=O)C1CN(S(=O)(=O)c2ccccc2)C(=O)N1C1CCCCC1. The molecule has 13 heteroatoms. The number of aromatic nitrogens is 1. The molecule has 2 saturated heterocycles. The number of piperazine rings is 1. The molecule has 9 nitrogen and oxygen atoms in total. The molecule has 40 heavy (non-hydrogen) atoms. The lowest BCUT2D eigenvalue weighted by atomic mass is 9.93. The lowest BCUT2D eigenvalue weighted by Gasteiger charge is -2.43. The number of benzene rings is 1. The van der Waals surface area contributed by atoms with E-state index in [2.05, 4.69) is 4.98 Å². The molecule has 0 bridgehead atoms. The minimum atomic E-state index is -4.57. The molecule has 3 fully saturated rings. The van der Waals surface area contributed by atoms with Crippen molar-refractivity contribution >= 4 is 27.8 Å². The lowest BCUT2D eigenvalue weighted by molar-refractivity contribution is -0.139. The van der Waals surface area contributed by atoms with E-state index in [1.807, 2.05) is 0 Å². The molecule has 1 aromatic carbocycles. The predicted octanol–water partition coefficient (Wildman–Crippen LogP) is 3.97. The first-order valence-electron chi connectivity index (χ1n) is 13.5. The fourth-order valence-electron chi connectivity index (χ4n) is 6.01. The smallest absolute Gasteiger partial charge is 0.352 e. The highest BCUT2D eigenvalue weighted by Crippen LogP contribution is 2.37. The Kier molecular flexibility index (Phi) is 7.68. The van der Waals surface area contributed by atoms with Gasteiger partial charge in [-0.3, -0.25) is 4.79 Å². The van der Waals surface area contributed by atoms with E-state index in [0.29, 0.717) is 12.8 Å². The van der Waals surface area contributed by atoms with Crippen molar-refractivity contribution in [1.82, 2.24) is 19.1 Å². The first-order valence-corrected chi connectivity index (χ1v) is 14.9. The molecule has 1 saturated carbocycles. The molecule has 2 unspecified atom stereocenters. The summed E-state index contributed by atoms with van der Waals surface area (Å²) in [4.78, 5) is 36.1. The third-order valence-electron chi connectivity index (χ3n) is 8.00. The Bertz CT molecular complexity index is 1350. The largest absolute Gasteiger partial charge is 0.419 e. The van der Waals surface area contributed by atoms with Crippen molar-refractivity contribution in [2.75, 3.05) is 31.1 Å². The van der Waals surface area contributed by atoms with Gasteiger partial charge in [-0.1, -0.05) is 37.5 Å². The number of amides is 3. The summed E-state index contributed by atoms with van der Waals surface area (Å²) in [6, 6.07) is 7.40. The highest BCUT2D eigenvalue weighted by atomic mass is 32.2. The molecule has 0 radical (unpaired) electrons. The molecule has 3 amide bonds. The van der Waals surface area contributed by atoms with Crippen LogP contribution in [-0.4, -0.2) is 83.7 Å². The number of halogens is 3. The van der Waals surface area contributed by atoms with E-state index in [1.54, 1.807) is 30.0 Å². The van der Waals surface area contributed by atoms with Gasteiger partial charge in [0.2, 0.25) is 5.91 Å². The summed E-state index contributed by atoms with van der Waals surface area (Å²) in [6.07, 6.45) is 0.855. The van der Waals surface area contributed by atoms with Gasteiger partial charge in [0.25, 0.3) is 10.0 Å².